The maximum atomic E-state index is 12.0. The molecule has 0 spiro atoms. The lowest BCUT2D eigenvalue weighted by Crippen LogP contribution is -2.25. The van der Waals surface area contributed by atoms with E-state index in [0.29, 0.717) is 5.69 Å². The molecule has 1 aliphatic heterocycles. The van der Waals surface area contributed by atoms with Crippen LogP contribution >= 0.6 is 11.7 Å². The molecule has 1 aromatic heterocycles. The van der Waals surface area contributed by atoms with E-state index in [0.717, 1.165) is 36.8 Å². The van der Waals surface area contributed by atoms with Crippen LogP contribution in [0.3, 0.4) is 0 Å². The zero-order chi connectivity index (χ0) is 9.97. The van der Waals surface area contributed by atoms with Crippen LogP contribution in [0, 0.1) is 0 Å². The summed E-state index contributed by atoms with van der Waals surface area (Å²) in [6, 6.07) is 0. The fourth-order valence-electron chi connectivity index (χ4n) is 1.49. The van der Waals surface area contributed by atoms with Crippen LogP contribution < -0.4 is 4.94 Å². The lowest BCUT2D eigenvalue weighted by atomic mass is 10.1. The molecular formula is C8H10FN3OS. The Bertz CT molecular complexity index is 352. The summed E-state index contributed by atoms with van der Waals surface area (Å²) in [5, 5.41) is 0. The molecule has 2 heterocycles. The summed E-state index contributed by atoms with van der Waals surface area (Å²) in [4.78, 5) is 5.80. The molecule has 0 aromatic carbocycles. The highest BCUT2D eigenvalue weighted by Gasteiger charge is 2.18. The summed E-state index contributed by atoms with van der Waals surface area (Å²) in [6.07, 6.45) is 3.01. The number of aromatic nitrogens is 2. The van der Waals surface area contributed by atoms with Gasteiger partial charge in [0.1, 0.15) is 5.69 Å². The van der Waals surface area contributed by atoms with Crippen LogP contribution in [0.5, 0.6) is 5.88 Å². The smallest absolute Gasteiger partial charge is 0.301 e. The van der Waals surface area contributed by atoms with E-state index in [2.05, 4.69) is 24.7 Å². The highest BCUT2D eigenvalue weighted by atomic mass is 32.1. The molecule has 0 aliphatic carbocycles. The average Bonchev–Trinajstić information content (AvgIpc) is 2.65. The van der Waals surface area contributed by atoms with Crippen molar-refractivity contribution in [1.29, 1.82) is 0 Å². The van der Waals surface area contributed by atoms with Crippen LogP contribution in [-0.4, -0.2) is 33.8 Å². The first-order valence-corrected chi connectivity index (χ1v) is 5.03. The Morgan fingerprint density at radius 1 is 1.57 bits per heavy atom. The van der Waals surface area contributed by atoms with Gasteiger partial charge in [-0.1, -0.05) is 6.08 Å². The molecule has 0 N–H and O–H groups in total. The van der Waals surface area contributed by atoms with Crippen molar-refractivity contribution in [3.8, 4) is 5.88 Å². The predicted molar refractivity (Wildman–Crippen MR) is 51.7 cm³/mol. The molecule has 0 unspecified atom stereocenters. The summed E-state index contributed by atoms with van der Waals surface area (Å²) in [5.41, 5.74) is 1.52. The van der Waals surface area contributed by atoms with Crippen molar-refractivity contribution >= 4 is 17.3 Å². The van der Waals surface area contributed by atoms with Gasteiger partial charge in [-0.15, -0.1) is 4.37 Å². The van der Waals surface area contributed by atoms with Crippen LogP contribution in [-0.2, 0) is 0 Å². The molecule has 1 aliphatic rings. The summed E-state index contributed by atoms with van der Waals surface area (Å²) in [6.45, 7) is 1.79. The summed E-state index contributed by atoms with van der Waals surface area (Å²) >= 11 is 0.961. The van der Waals surface area contributed by atoms with Crippen molar-refractivity contribution in [3.05, 3.63) is 11.8 Å². The van der Waals surface area contributed by atoms with Crippen molar-refractivity contribution in [2.75, 3.05) is 20.1 Å². The van der Waals surface area contributed by atoms with E-state index in [9.17, 15) is 4.53 Å². The van der Waals surface area contributed by atoms with E-state index in [1.165, 1.54) is 0 Å². The second kappa shape index (κ2) is 4.02. The lowest BCUT2D eigenvalue weighted by molar-refractivity contribution is -0.0113. The third-order valence-corrected chi connectivity index (χ3v) is 2.69. The molecule has 0 atom stereocenters. The first kappa shape index (κ1) is 9.54. The molecule has 2 rings (SSSR count). The number of nitrogens with zero attached hydrogens (tertiary/aromatic N) is 3. The van der Waals surface area contributed by atoms with Crippen molar-refractivity contribution in [2.45, 2.75) is 6.42 Å². The van der Waals surface area contributed by atoms with Gasteiger partial charge in [0.2, 0.25) is 0 Å². The molecule has 0 radical (unpaired) electrons. The summed E-state index contributed by atoms with van der Waals surface area (Å²) in [5.74, 6) is -0.0171. The molecule has 0 saturated heterocycles. The normalized spacial score (nSPS) is 18.0. The minimum atomic E-state index is -0.0171. The van der Waals surface area contributed by atoms with Gasteiger partial charge in [-0.25, -0.2) is 0 Å². The summed E-state index contributed by atoms with van der Waals surface area (Å²) < 4.78 is 19.8. The molecular weight excluding hydrogens is 205 g/mol. The fraction of sp³-hybridized carbons (Fsp3) is 0.500. The zero-order valence-electron chi connectivity index (χ0n) is 7.73. The van der Waals surface area contributed by atoms with Gasteiger partial charge in [-0.05, 0) is 19.0 Å². The third-order valence-electron chi connectivity index (χ3n) is 2.18. The van der Waals surface area contributed by atoms with E-state index >= 15 is 0 Å². The topological polar surface area (TPSA) is 38.2 Å². The Balaban J connectivity index is 2.26. The Hall–Kier alpha value is -1.01. The largest absolute Gasteiger partial charge is 0.302 e. The number of rotatable bonds is 2. The van der Waals surface area contributed by atoms with Crippen LogP contribution in [0.15, 0.2) is 6.08 Å². The monoisotopic (exact) mass is 215 g/mol. The van der Waals surface area contributed by atoms with Gasteiger partial charge in [-0.3, -0.25) is 4.94 Å². The van der Waals surface area contributed by atoms with Crippen molar-refractivity contribution in [1.82, 2.24) is 13.6 Å². The molecule has 14 heavy (non-hydrogen) atoms. The van der Waals surface area contributed by atoms with Crippen molar-refractivity contribution in [3.63, 3.8) is 0 Å². The van der Waals surface area contributed by atoms with Crippen LogP contribution in [0.25, 0.3) is 5.57 Å². The Morgan fingerprint density at radius 3 is 3.14 bits per heavy atom. The maximum Gasteiger partial charge on any atom is 0.301 e. The minimum Gasteiger partial charge on any atom is -0.302 e. The molecule has 1 aromatic rings. The van der Waals surface area contributed by atoms with Crippen molar-refractivity contribution < 1.29 is 9.47 Å². The van der Waals surface area contributed by atoms with Gasteiger partial charge in [0.25, 0.3) is 0 Å². The van der Waals surface area contributed by atoms with E-state index < -0.39 is 0 Å². The molecule has 0 amide bonds. The molecule has 0 saturated carbocycles. The first-order chi connectivity index (χ1) is 6.81. The average molecular weight is 215 g/mol. The first-order valence-electron chi connectivity index (χ1n) is 4.30. The molecule has 6 heteroatoms. The predicted octanol–water partition coefficient (Wildman–Crippen LogP) is 1.52. The van der Waals surface area contributed by atoms with Gasteiger partial charge in [0.05, 0.1) is 11.7 Å². The number of halogens is 1. The number of hydrogen-bond donors (Lipinski definition) is 0. The fourth-order valence-corrected chi connectivity index (χ4v) is 2.00. The standard InChI is InChI=1S/C8H10FN3OS/c1-12-4-2-3-6(5-12)7-8(13-9)11-14-10-7/h3H,2,4-5H2,1H3. The van der Waals surface area contributed by atoms with E-state index in [4.69, 9.17) is 0 Å². The Morgan fingerprint density at radius 2 is 2.43 bits per heavy atom. The molecule has 0 fully saturated rings. The Kier molecular flexibility index (Phi) is 2.74. The van der Waals surface area contributed by atoms with Crippen molar-refractivity contribution in [2.24, 2.45) is 0 Å². The second-order valence-corrected chi connectivity index (χ2v) is 3.78. The van der Waals surface area contributed by atoms with E-state index in [1.54, 1.807) is 0 Å². The Labute approximate surface area is 85.2 Å². The van der Waals surface area contributed by atoms with Gasteiger partial charge in [0, 0.05) is 17.6 Å². The van der Waals surface area contributed by atoms with Gasteiger partial charge in [0.15, 0.2) is 0 Å². The number of hydrogen-bond acceptors (Lipinski definition) is 5. The van der Waals surface area contributed by atoms with Gasteiger partial charge < -0.3 is 4.90 Å². The lowest BCUT2D eigenvalue weighted by Gasteiger charge is -2.21. The minimum absolute atomic E-state index is 0.0171. The molecule has 76 valence electrons. The van der Waals surface area contributed by atoms with Gasteiger partial charge >= 0.3 is 5.88 Å². The van der Waals surface area contributed by atoms with Gasteiger partial charge in [-0.2, -0.15) is 4.37 Å². The maximum absolute atomic E-state index is 12.0. The quantitative estimate of drug-likeness (QED) is 0.749. The van der Waals surface area contributed by atoms with E-state index in [-0.39, 0.29) is 5.88 Å². The highest BCUT2D eigenvalue weighted by Crippen LogP contribution is 2.26. The second-order valence-electron chi connectivity index (χ2n) is 3.25. The van der Waals surface area contributed by atoms with E-state index in [1.807, 2.05) is 7.05 Å². The third kappa shape index (κ3) is 1.76. The summed E-state index contributed by atoms with van der Waals surface area (Å²) in [7, 11) is 2.02. The molecule has 0 bridgehead atoms. The van der Waals surface area contributed by atoms with Crippen LogP contribution in [0.2, 0.25) is 0 Å². The highest BCUT2D eigenvalue weighted by molar-refractivity contribution is 6.99. The molecule has 4 nitrogen and oxygen atoms in total. The van der Waals surface area contributed by atoms with Crippen LogP contribution in [0.1, 0.15) is 12.1 Å². The zero-order valence-corrected chi connectivity index (χ0v) is 8.55. The SMILES string of the molecule is CN1CCC=C(c2nsnc2OF)C1. The van der Waals surface area contributed by atoms with Crippen LogP contribution in [0.4, 0.5) is 4.53 Å². The number of likely N-dealkylation sites (N-methyl/N-ethyl adjacent to an activating group) is 1.